The number of rotatable bonds is 2. The Morgan fingerprint density at radius 2 is 2.05 bits per heavy atom. The van der Waals surface area contributed by atoms with Crippen molar-refractivity contribution < 1.29 is 9.13 Å². The summed E-state index contributed by atoms with van der Waals surface area (Å²) in [7, 11) is 1.58. The van der Waals surface area contributed by atoms with Crippen molar-refractivity contribution >= 4 is 16.7 Å². The molecule has 0 aliphatic rings. The van der Waals surface area contributed by atoms with E-state index >= 15 is 0 Å². The molecule has 0 saturated carbocycles. The minimum Gasteiger partial charge on any atom is -0.497 e. The molecule has 0 aliphatic carbocycles. The van der Waals surface area contributed by atoms with Crippen LogP contribution in [-0.4, -0.2) is 17.1 Å². The molecule has 0 aliphatic heterocycles. The van der Waals surface area contributed by atoms with E-state index in [1.165, 1.54) is 12.1 Å². The highest BCUT2D eigenvalue weighted by molar-refractivity contribution is 5.82. The zero-order chi connectivity index (χ0) is 13.4. The van der Waals surface area contributed by atoms with Gasteiger partial charge in [0.25, 0.3) is 0 Å². The molecular formula is C14H12FN3O. The van der Waals surface area contributed by atoms with Crippen LogP contribution in [0.25, 0.3) is 22.4 Å². The van der Waals surface area contributed by atoms with Crippen molar-refractivity contribution in [2.75, 3.05) is 12.8 Å². The van der Waals surface area contributed by atoms with Gasteiger partial charge < -0.3 is 15.5 Å². The maximum absolute atomic E-state index is 13.1. The summed E-state index contributed by atoms with van der Waals surface area (Å²) in [5, 5.41) is 0. The van der Waals surface area contributed by atoms with Gasteiger partial charge in [-0.05, 0) is 30.3 Å². The van der Waals surface area contributed by atoms with E-state index in [-0.39, 0.29) is 5.82 Å². The Morgan fingerprint density at radius 3 is 2.79 bits per heavy atom. The van der Waals surface area contributed by atoms with Gasteiger partial charge in [-0.25, -0.2) is 9.37 Å². The Balaban J connectivity index is 2.13. The summed E-state index contributed by atoms with van der Waals surface area (Å²) in [4.78, 5) is 7.46. The van der Waals surface area contributed by atoms with Crippen molar-refractivity contribution in [3.05, 3.63) is 42.2 Å². The number of imidazole rings is 1. The third-order valence-electron chi connectivity index (χ3n) is 2.96. The molecule has 0 atom stereocenters. The van der Waals surface area contributed by atoms with Gasteiger partial charge >= 0.3 is 0 Å². The molecule has 1 heterocycles. The van der Waals surface area contributed by atoms with E-state index in [9.17, 15) is 4.39 Å². The Kier molecular flexibility index (Phi) is 2.59. The molecule has 0 radical (unpaired) electrons. The lowest BCUT2D eigenvalue weighted by atomic mass is 10.1. The van der Waals surface area contributed by atoms with Gasteiger partial charge in [-0.2, -0.15) is 0 Å². The number of aromatic amines is 1. The predicted molar refractivity (Wildman–Crippen MR) is 72.5 cm³/mol. The lowest BCUT2D eigenvalue weighted by Crippen LogP contribution is -1.93. The molecule has 4 nitrogen and oxygen atoms in total. The van der Waals surface area contributed by atoms with E-state index in [4.69, 9.17) is 10.5 Å². The van der Waals surface area contributed by atoms with Crippen LogP contribution in [-0.2, 0) is 0 Å². The number of hydrogen-bond acceptors (Lipinski definition) is 3. The molecule has 3 aromatic rings. The van der Waals surface area contributed by atoms with Crippen molar-refractivity contribution in [2.45, 2.75) is 0 Å². The van der Waals surface area contributed by atoms with Crippen LogP contribution in [0.4, 0.5) is 10.1 Å². The number of fused-ring (bicyclic) bond motifs is 1. The molecule has 1 aromatic heterocycles. The van der Waals surface area contributed by atoms with Gasteiger partial charge in [-0.15, -0.1) is 0 Å². The van der Waals surface area contributed by atoms with E-state index in [1.807, 2.05) is 6.07 Å². The van der Waals surface area contributed by atoms with Gasteiger partial charge in [-0.3, -0.25) is 0 Å². The number of ether oxygens (including phenoxy) is 1. The fourth-order valence-corrected chi connectivity index (χ4v) is 1.99. The number of halogens is 1. The maximum atomic E-state index is 13.1. The SMILES string of the molecule is COc1ccc(-c2nc3ccc(F)cc3[nH]2)c(N)c1. The number of aromatic nitrogens is 2. The van der Waals surface area contributed by atoms with Crippen LogP contribution in [0, 0.1) is 5.82 Å². The second-order valence-electron chi connectivity index (χ2n) is 4.20. The minimum atomic E-state index is -0.301. The first-order valence-corrected chi connectivity index (χ1v) is 5.76. The quantitative estimate of drug-likeness (QED) is 0.694. The number of nitrogen functional groups attached to an aromatic ring is 1. The third-order valence-corrected chi connectivity index (χ3v) is 2.96. The van der Waals surface area contributed by atoms with Crippen LogP contribution < -0.4 is 10.5 Å². The summed E-state index contributed by atoms with van der Waals surface area (Å²) in [6, 6.07) is 9.77. The molecule has 0 spiro atoms. The van der Waals surface area contributed by atoms with Crippen LogP contribution in [0.1, 0.15) is 0 Å². The molecule has 19 heavy (non-hydrogen) atoms. The number of nitrogens with two attached hydrogens (primary N) is 1. The van der Waals surface area contributed by atoms with E-state index in [1.54, 1.807) is 25.3 Å². The van der Waals surface area contributed by atoms with Crippen LogP contribution in [0.15, 0.2) is 36.4 Å². The Bertz CT molecular complexity index is 752. The molecule has 5 heteroatoms. The van der Waals surface area contributed by atoms with Crippen LogP contribution in [0.5, 0.6) is 5.75 Å². The van der Waals surface area contributed by atoms with Crippen LogP contribution in [0.2, 0.25) is 0 Å². The predicted octanol–water partition coefficient (Wildman–Crippen LogP) is 2.96. The lowest BCUT2D eigenvalue weighted by molar-refractivity contribution is 0.415. The van der Waals surface area contributed by atoms with E-state index in [0.29, 0.717) is 28.3 Å². The zero-order valence-electron chi connectivity index (χ0n) is 10.3. The molecule has 0 saturated heterocycles. The average Bonchev–Trinajstić information content (AvgIpc) is 2.81. The summed E-state index contributed by atoms with van der Waals surface area (Å²) in [5.74, 6) is 0.995. The number of nitrogens with one attached hydrogen (secondary N) is 1. The Hall–Kier alpha value is -2.56. The van der Waals surface area contributed by atoms with Crippen molar-refractivity contribution in [1.29, 1.82) is 0 Å². The molecule has 0 fully saturated rings. The molecule has 3 rings (SSSR count). The van der Waals surface area contributed by atoms with Gasteiger partial charge in [0, 0.05) is 17.3 Å². The van der Waals surface area contributed by atoms with Crippen LogP contribution >= 0.6 is 0 Å². The summed E-state index contributed by atoms with van der Waals surface area (Å²) >= 11 is 0. The third kappa shape index (κ3) is 1.99. The maximum Gasteiger partial charge on any atom is 0.140 e. The van der Waals surface area contributed by atoms with Gasteiger partial charge in [0.2, 0.25) is 0 Å². The van der Waals surface area contributed by atoms with Gasteiger partial charge in [0.05, 0.1) is 18.1 Å². The van der Waals surface area contributed by atoms with E-state index < -0.39 is 0 Å². The number of H-pyrrole nitrogens is 1. The van der Waals surface area contributed by atoms with Crippen molar-refractivity contribution in [1.82, 2.24) is 9.97 Å². The normalized spacial score (nSPS) is 10.8. The molecular weight excluding hydrogens is 245 g/mol. The fraction of sp³-hybridized carbons (Fsp3) is 0.0714. The summed E-state index contributed by atoms with van der Waals surface area (Å²) < 4.78 is 18.2. The summed E-state index contributed by atoms with van der Waals surface area (Å²) in [5.41, 5.74) is 8.63. The van der Waals surface area contributed by atoms with Crippen molar-refractivity contribution in [3.63, 3.8) is 0 Å². The fourth-order valence-electron chi connectivity index (χ4n) is 1.99. The van der Waals surface area contributed by atoms with Gasteiger partial charge in [0.1, 0.15) is 17.4 Å². The monoisotopic (exact) mass is 257 g/mol. The number of hydrogen-bond donors (Lipinski definition) is 2. The lowest BCUT2D eigenvalue weighted by Gasteiger charge is -2.05. The highest BCUT2D eigenvalue weighted by Crippen LogP contribution is 2.29. The molecule has 0 bridgehead atoms. The number of anilines is 1. The zero-order valence-corrected chi connectivity index (χ0v) is 10.3. The standard InChI is InChI=1S/C14H12FN3O/c1-19-9-3-4-10(11(16)7-9)14-17-12-5-2-8(15)6-13(12)18-14/h2-7H,16H2,1H3,(H,17,18). The minimum absolute atomic E-state index is 0.301. The topological polar surface area (TPSA) is 63.9 Å². The highest BCUT2D eigenvalue weighted by atomic mass is 19.1. The molecule has 2 aromatic carbocycles. The molecule has 3 N–H and O–H groups in total. The highest BCUT2D eigenvalue weighted by Gasteiger charge is 2.09. The first-order valence-electron chi connectivity index (χ1n) is 5.76. The van der Waals surface area contributed by atoms with Crippen LogP contribution in [0.3, 0.4) is 0 Å². The summed E-state index contributed by atoms with van der Waals surface area (Å²) in [6.45, 7) is 0. The van der Waals surface area contributed by atoms with Gasteiger partial charge in [-0.1, -0.05) is 0 Å². The first kappa shape index (κ1) is 11.5. The Labute approximate surface area is 109 Å². The molecule has 96 valence electrons. The van der Waals surface area contributed by atoms with E-state index in [2.05, 4.69) is 9.97 Å². The Morgan fingerprint density at radius 1 is 1.21 bits per heavy atom. The number of benzene rings is 2. The largest absolute Gasteiger partial charge is 0.497 e. The first-order chi connectivity index (χ1) is 9.17. The smallest absolute Gasteiger partial charge is 0.140 e. The number of methoxy groups -OCH3 is 1. The molecule has 0 unspecified atom stereocenters. The van der Waals surface area contributed by atoms with E-state index in [0.717, 1.165) is 5.56 Å². The summed E-state index contributed by atoms with van der Waals surface area (Å²) in [6.07, 6.45) is 0. The van der Waals surface area contributed by atoms with Crippen molar-refractivity contribution in [2.24, 2.45) is 0 Å². The second kappa shape index (κ2) is 4.28. The average molecular weight is 257 g/mol. The molecule has 0 amide bonds. The van der Waals surface area contributed by atoms with Crippen molar-refractivity contribution in [3.8, 4) is 17.1 Å². The van der Waals surface area contributed by atoms with Gasteiger partial charge in [0.15, 0.2) is 0 Å². The second-order valence-corrected chi connectivity index (χ2v) is 4.20. The number of nitrogens with zero attached hydrogens (tertiary/aromatic N) is 1.